The zero-order valence-corrected chi connectivity index (χ0v) is 10.9. The summed E-state index contributed by atoms with van der Waals surface area (Å²) >= 11 is 0. The van der Waals surface area contributed by atoms with Gasteiger partial charge in [-0.25, -0.2) is 0 Å². The zero-order chi connectivity index (χ0) is 14.5. The van der Waals surface area contributed by atoms with E-state index in [2.05, 4.69) is 0 Å². The molecule has 0 radical (unpaired) electrons. The van der Waals surface area contributed by atoms with Gasteiger partial charge >= 0.3 is 6.18 Å². The van der Waals surface area contributed by atoms with Crippen LogP contribution in [0.2, 0.25) is 0 Å². The van der Waals surface area contributed by atoms with Crippen LogP contribution in [0.1, 0.15) is 24.5 Å². The third kappa shape index (κ3) is 4.11. The number of aliphatic hydroxyl groups is 1. The number of hydrogen-bond acceptors (Lipinski definition) is 3. The highest BCUT2D eigenvalue weighted by Crippen LogP contribution is 2.37. The molecule has 1 aromatic carbocycles. The summed E-state index contributed by atoms with van der Waals surface area (Å²) in [5.74, 6) is 0. The number of halogens is 3. The molecular formula is C13H19F3N2O. The van der Waals surface area contributed by atoms with E-state index in [0.717, 1.165) is 6.07 Å². The van der Waals surface area contributed by atoms with Crippen molar-refractivity contribution in [1.29, 1.82) is 0 Å². The molecule has 0 spiro atoms. The lowest BCUT2D eigenvalue weighted by Crippen LogP contribution is -2.29. The normalized spacial score (nSPS) is 11.7. The van der Waals surface area contributed by atoms with Gasteiger partial charge in [0.1, 0.15) is 0 Å². The van der Waals surface area contributed by atoms with Crippen molar-refractivity contribution < 1.29 is 18.3 Å². The van der Waals surface area contributed by atoms with Crippen molar-refractivity contribution in [3.8, 4) is 0 Å². The minimum atomic E-state index is -4.43. The molecule has 0 heterocycles. The second-order valence-electron chi connectivity index (χ2n) is 4.26. The van der Waals surface area contributed by atoms with E-state index in [1.54, 1.807) is 11.0 Å². The molecule has 0 fully saturated rings. The maximum atomic E-state index is 13.1. The van der Waals surface area contributed by atoms with Gasteiger partial charge in [-0.1, -0.05) is 13.0 Å². The Morgan fingerprint density at radius 2 is 1.95 bits per heavy atom. The van der Waals surface area contributed by atoms with Crippen molar-refractivity contribution >= 4 is 5.69 Å². The quantitative estimate of drug-likeness (QED) is 0.838. The Morgan fingerprint density at radius 3 is 2.42 bits per heavy atom. The van der Waals surface area contributed by atoms with Crippen molar-refractivity contribution in [2.24, 2.45) is 5.73 Å². The minimum Gasteiger partial charge on any atom is -0.395 e. The highest BCUT2D eigenvalue weighted by molar-refractivity contribution is 5.56. The average Bonchev–Trinajstić information content (AvgIpc) is 2.37. The molecule has 1 rings (SSSR count). The summed E-state index contributed by atoms with van der Waals surface area (Å²) in [6, 6.07) is 4.09. The second-order valence-corrected chi connectivity index (χ2v) is 4.26. The van der Waals surface area contributed by atoms with Gasteiger partial charge in [-0.05, 0) is 24.1 Å². The summed E-state index contributed by atoms with van der Waals surface area (Å²) in [5, 5.41) is 8.98. The van der Waals surface area contributed by atoms with Gasteiger partial charge in [0.05, 0.1) is 12.2 Å². The van der Waals surface area contributed by atoms with Crippen molar-refractivity contribution in [2.45, 2.75) is 26.1 Å². The molecule has 0 saturated carbocycles. The first-order valence-electron chi connectivity index (χ1n) is 6.20. The summed E-state index contributed by atoms with van der Waals surface area (Å²) in [4.78, 5) is 1.54. The van der Waals surface area contributed by atoms with Crippen LogP contribution in [0.25, 0.3) is 0 Å². The molecule has 0 aromatic heterocycles. The van der Waals surface area contributed by atoms with Crippen molar-refractivity contribution in [1.82, 2.24) is 0 Å². The van der Waals surface area contributed by atoms with Gasteiger partial charge in [-0.2, -0.15) is 13.2 Å². The largest absolute Gasteiger partial charge is 0.418 e. The second kappa shape index (κ2) is 6.77. The third-order valence-electron chi connectivity index (χ3n) is 2.81. The lowest BCUT2D eigenvalue weighted by atomic mass is 10.1. The van der Waals surface area contributed by atoms with Crippen LogP contribution in [-0.2, 0) is 12.7 Å². The average molecular weight is 276 g/mol. The highest BCUT2D eigenvalue weighted by atomic mass is 19.4. The topological polar surface area (TPSA) is 49.5 Å². The van der Waals surface area contributed by atoms with Crippen molar-refractivity contribution in [3.05, 3.63) is 29.3 Å². The smallest absolute Gasteiger partial charge is 0.395 e. The van der Waals surface area contributed by atoms with Crippen molar-refractivity contribution in [3.63, 3.8) is 0 Å². The van der Waals surface area contributed by atoms with Gasteiger partial charge in [0, 0.05) is 25.3 Å². The SMILES string of the molecule is CCCN(CCO)c1ccc(CN)cc1C(F)(F)F. The molecule has 0 bridgehead atoms. The van der Waals surface area contributed by atoms with Gasteiger partial charge < -0.3 is 15.7 Å². The number of hydrogen-bond donors (Lipinski definition) is 2. The highest BCUT2D eigenvalue weighted by Gasteiger charge is 2.35. The van der Waals surface area contributed by atoms with E-state index >= 15 is 0 Å². The van der Waals surface area contributed by atoms with Crippen LogP contribution in [-0.4, -0.2) is 24.8 Å². The molecular weight excluding hydrogens is 257 g/mol. The van der Waals surface area contributed by atoms with Crippen LogP contribution >= 0.6 is 0 Å². The van der Waals surface area contributed by atoms with Gasteiger partial charge in [-0.3, -0.25) is 0 Å². The van der Waals surface area contributed by atoms with Gasteiger partial charge in [-0.15, -0.1) is 0 Å². The molecule has 0 unspecified atom stereocenters. The Kier molecular flexibility index (Phi) is 5.62. The van der Waals surface area contributed by atoms with E-state index in [4.69, 9.17) is 10.8 Å². The molecule has 0 aliphatic carbocycles. The number of rotatable bonds is 6. The molecule has 0 saturated heterocycles. The summed E-state index contributed by atoms with van der Waals surface area (Å²) in [6.07, 6.45) is -3.72. The number of alkyl halides is 3. The molecule has 3 nitrogen and oxygen atoms in total. The first-order valence-corrected chi connectivity index (χ1v) is 6.20. The van der Waals surface area contributed by atoms with Crippen LogP contribution < -0.4 is 10.6 Å². The Morgan fingerprint density at radius 1 is 1.26 bits per heavy atom. The summed E-state index contributed by atoms with van der Waals surface area (Å²) in [5.41, 5.74) is 5.23. The van der Waals surface area contributed by atoms with Crippen LogP contribution in [0.5, 0.6) is 0 Å². The standard InChI is InChI=1S/C13H19F3N2O/c1-2-5-18(6-7-19)12-4-3-10(9-17)8-11(12)13(14,15)16/h3-4,8,19H,2,5-7,9,17H2,1H3. The summed E-state index contributed by atoms with van der Waals surface area (Å²) < 4.78 is 39.2. The summed E-state index contributed by atoms with van der Waals surface area (Å²) in [6.45, 7) is 2.41. The predicted molar refractivity (Wildman–Crippen MR) is 68.9 cm³/mol. The lowest BCUT2D eigenvalue weighted by Gasteiger charge is -2.27. The van der Waals surface area contributed by atoms with Gasteiger partial charge in [0.2, 0.25) is 0 Å². The number of anilines is 1. The monoisotopic (exact) mass is 276 g/mol. The molecule has 6 heteroatoms. The molecule has 0 amide bonds. The first kappa shape index (κ1) is 15.8. The van der Waals surface area contributed by atoms with Crippen LogP contribution in [0.15, 0.2) is 18.2 Å². The zero-order valence-electron chi connectivity index (χ0n) is 10.9. The Bertz CT molecular complexity index is 401. The first-order chi connectivity index (χ1) is 8.93. The molecule has 19 heavy (non-hydrogen) atoms. The number of nitrogens with zero attached hydrogens (tertiary/aromatic N) is 1. The number of aliphatic hydroxyl groups excluding tert-OH is 1. The van der Waals surface area contributed by atoms with Gasteiger partial charge in [0.25, 0.3) is 0 Å². The molecule has 108 valence electrons. The fraction of sp³-hybridized carbons (Fsp3) is 0.538. The fourth-order valence-corrected chi connectivity index (χ4v) is 1.96. The molecule has 0 aliphatic rings. The van der Waals surface area contributed by atoms with E-state index in [1.165, 1.54) is 6.07 Å². The Balaban J connectivity index is 3.23. The van der Waals surface area contributed by atoms with E-state index in [0.29, 0.717) is 18.5 Å². The van der Waals surface area contributed by atoms with E-state index in [-0.39, 0.29) is 25.4 Å². The molecule has 0 atom stereocenters. The third-order valence-corrected chi connectivity index (χ3v) is 2.81. The lowest BCUT2D eigenvalue weighted by molar-refractivity contribution is -0.137. The number of benzene rings is 1. The number of nitrogens with two attached hydrogens (primary N) is 1. The minimum absolute atomic E-state index is 0.0666. The molecule has 1 aromatic rings. The van der Waals surface area contributed by atoms with Crippen LogP contribution in [0.3, 0.4) is 0 Å². The summed E-state index contributed by atoms with van der Waals surface area (Å²) in [7, 11) is 0. The van der Waals surface area contributed by atoms with Gasteiger partial charge in [0.15, 0.2) is 0 Å². The Hall–Kier alpha value is -1.27. The fourth-order valence-electron chi connectivity index (χ4n) is 1.96. The van der Waals surface area contributed by atoms with E-state index < -0.39 is 11.7 Å². The molecule has 0 aliphatic heterocycles. The van der Waals surface area contributed by atoms with E-state index in [9.17, 15) is 13.2 Å². The molecule has 3 N–H and O–H groups in total. The maximum Gasteiger partial charge on any atom is 0.418 e. The van der Waals surface area contributed by atoms with Crippen LogP contribution in [0.4, 0.5) is 18.9 Å². The van der Waals surface area contributed by atoms with Crippen molar-refractivity contribution in [2.75, 3.05) is 24.6 Å². The van der Waals surface area contributed by atoms with E-state index in [1.807, 2.05) is 6.92 Å². The van der Waals surface area contributed by atoms with Crippen LogP contribution in [0, 0.1) is 0 Å². The Labute approximate surface area is 110 Å². The predicted octanol–water partition coefficient (Wildman–Crippen LogP) is 2.37. The maximum absolute atomic E-state index is 13.1.